The average Bonchev–Trinajstić information content (AvgIpc) is 3.00. The zero-order valence-electron chi connectivity index (χ0n) is 12.0. The Hall–Kier alpha value is -2.60. The molecule has 0 atom stereocenters. The van der Waals surface area contributed by atoms with Gasteiger partial charge in [-0.1, -0.05) is 24.8 Å². The summed E-state index contributed by atoms with van der Waals surface area (Å²) >= 11 is 1.27. The summed E-state index contributed by atoms with van der Waals surface area (Å²) < 4.78 is 10.8. The van der Waals surface area contributed by atoms with Crippen LogP contribution in [0.25, 0.3) is 12.2 Å². The summed E-state index contributed by atoms with van der Waals surface area (Å²) in [6.45, 7) is 4.00. The van der Waals surface area contributed by atoms with Crippen molar-refractivity contribution in [1.82, 2.24) is 4.98 Å². The second-order valence-electron chi connectivity index (χ2n) is 4.22. The summed E-state index contributed by atoms with van der Waals surface area (Å²) in [6, 6.07) is 5.52. The van der Waals surface area contributed by atoms with Crippen LogP contribution in [0, 0.1) is 0 Å². The van der Waals surface area contributed by atoms with E-state index in [9.17, 15) is 4.79 Å². The monoisotopic (exact) mass is 317 g/mol. The van der Waals surface area contributed by atoms with Crippen LogP contribution in [0.5, 0.6) is 11.5 Å². The largest absolute Gasteiger partial charge is 0.493 e. The van der Waals surface area contributed by atoms with Gasteiger partial charge in [-0.3, -0.25) is 0 Å². The number of thiazole rings is 1. The maximum absolute atomic E-state index is 10.8. The van der Waals surface area contributed by atoms with E-state index in [0.29, 0.717) is 23.1 Å². The normalized spacial score (nSPS) is 10.6. The number of nitrogens with zero attached hydrogens (tertiary/aromatic N) is 1. The molecule has 6 heteroatoms. The number of carbonyl (C=O) groups is 1. The first-order valence-corrected chi connectivity index (χ1v) is 7.30. The van der Waals surface area contributed by atoms with Crippen LogP contribution in [-0.4, -0.2) is 29.8 Å². The van der Waals surface area contributed by atoms with Crippen molar-refractivity contribution in [2.75, 3.05) is 13.7 Å². The molecule has 2 rings (SSSR count). The summed E-state index contributed by atoms with van der Waals surface area (Å²) in [5, 5.41) is 11.0. The van der Waals surface area contributed by atoms with Gasteiger partial charge in [0.1, 0.15) is 11.6 Å². The van der Waals surface area contributed by atoms with Crippen molar-refractivity contribution in [3.8, 4) is 11.5 Å². The van der Waals surface area contributed by atoms with Crippen LogP contribution >= 0.6 is 11.3 Å². The lowest BCUT2D eigenvalue weighted by Crippen LogP contribution is -1.96. The van der Waals surface area contributed by atoms with Gasteiger partial charge in [0.15, 0.2) is 17.2 Å². The molecule has 0 radical (unpaired) electrons. The number of hydrogen-bond donors (Lipinski definition) is 1. The van der Waals surface area contributed by atoms with Crippen molar-refractivity contribution >= 4 is 29.5 Å². The molecule has 0 unspecified atom stereocenters. The molecule has 0 fully saturated rings. The maximum Gasteiger partial charge on any atom is 0.355 e. The lowest BCUT2D eigenvalue weighted by atomic mass is 10.2. The van der Waals surface area contributed by atoms with E-state index >= 15 is 0 Å². The third kappa shape index (κ3) is 3.95. The van der Waals surface area contributed by atoms with E-state index in [0.717, 1.165) is 5.56 Å². The molecule has 0 aliphatic heterocycles. The number of rotatable bonds is 7. The Morgan fingerprint density at radius 2 is 2.23 bits per heavy atom. The minimum absolute atomic E-state index is 0.0504. The van der Waals surface area contributed by atoms with Gasteiger partial charge in [-0.25, -0.2) is 9.78 Å². The van der Waals surface area contributed by atoms with Crippen molar-refractivity contribution in [3.63, 3.8) is 0 Å². The Morgan fingerprint density at radius 3 is 2.86 bits per heavy atom. The SMILES string of the molecule is C=CCOc1cc(/C=C/c2nc(C(=O)O)cs2)ccc1OC. The third-order valence-corrected chi connectivity index (χ3v) is 3.51. The molecule has 0 amide bonds. The van der Waals surface area contributed by atoms with Gasteiger partial charge >= 0.3 is 5.97 Å². The Morgan fingerprint density at radius 1 is 1.41 bits per heavy atom. The molecule has 22 heavy (non-hydrogen) atoms. The molecule has 1 heterocycles. The van der Waals surface area contributed by atoms with Crippen molar-refractivity contribution in [2.45, 2.75) is 0 Å². The molecule has 0 saturated carbocycles. The first-order chi connectivity index (χ1) is 10.6. The highest BCUT2D eigenvalue weighted by Gasteiger charge is 2.07. The molecule has 114 valence electrons. The van der Waals surface area contributed by atoms with Crippen molar-refractivity contribution in [2.24, 2.45) is 0 Å². The molecular formula is C16H15NO4S. The zero-order chi connectivity index (χ0) is 15.9. The molecule has 1 aromatic heterocycles. The highest BCUT2D eigenvalue weighted by molar-refractivity contribution is 7.10. The quantitative estimate of drug-likeness (QED) is 0.790. The molecule has 0 aliphatic rings. The van der Waals surface area contributed by atoms with Gasteiger partial charge in [0, 0.05) is 5.38 Å². The summed E-state index contributed by atoms with van der Waals surface area (Å²) in [4.78, 5) is 14.8. The highest BCUT2D eigenvalue weighted by atomic mass is 32.1. The van der Waals surface area contributed by atoms with Gasteiger partial charge in [0.2, 0.25) is 0 Å². The van der Waals surface area contributed by atoms with Gasteiger partial charge in [0.05, 0.1) is 7.11 Å². The summed E-state index contributed by atoms with van der Waals surface area (Å²) in [5.74, 6) is 0.233. The summed E-state index contributed by atoms with van der Waals surface area (Å²) in [7, 11) is 1.58. The molecule has 0 bridgehead atoms. The van der Waals surface area contributed by atoms with Gasteiger partial charge in [-0.05, 0) is 23.8 Å². The Balaban J connectivity index is 2.18. The van der Waals surface area contributed by atoms with Crippen LogP contribution in [0.4, 0.5) is 0 Å². The maximum atomic E-state index is 10.8. The molecule has 2 aromatic rings. The van der Waals surface area contributed by atoms with Crippen LogP contribution in [0.1, 0.15) is 21.1 Å². The zero-order valence-corrected chi connectivity index (χ0v) is 12.8. The lowest BCUT2D eigenvalue weighted by Gasteiger charge is -2.09. The fourth-order valence-corrected chi connectivity index (χ4v) is 2.37. The standard InChI is InChI=1S/C16H15NO4S/c1-3-8-21-14-9-11(4-6-13(14)20-2)5-7-15-17-12(10-22-15)16(18)19/h3-7,9-10H,1,8H2,2H3,(H,18,19)/b7-5+. The van der Waals surface area contributed by atoms with Gasteiger partial charge in [0.25, 0.3) is 0 Å². The van der Waals surface area contributed by atoms with Crippen molar-refractivity contribution < 1.29 is 19.4 Å². The predicted octanol–water partition coefficient (Wildman–Crippen LogP) is 3.59. The Kier molecular flexibility index (Phi) is 5.32. The summed E-state index contributed by atoms with van der Waals surface area (Å²) in [5.41, 5.74) is 0.946. The van der Waals surface area contributed by atoms with Crippen LogP contribution in [0.3, 0.4) is 0 Å². The Labute approximate surface area is 132 Å². The fraction of sp³-hybridized carbons (Fsp3) is 0.125. The molecule has 0 spiro atoms. The number of hydrogen-bond acceptors (Lipinski definition) is 5. The summed E-state index contributed by atoms with van der Waals surface area (Å²) in [6.07, 6.45) is 5.26. The van der Waals surface area contributed by atoms with Crippen LogP contribution in [-0.2, 0) is 0 Å². The average molecular weight is 317 g/mol. The number of aromatic nitrogens is 1. The number of aromatic carboxylic acids is 1. The minimum Gasteiger partial charge on any atom is -0.493 e. The van der Waals surface area contributed by atoms with E-state index < -0.39 is 5.97 Å². The topological polar surface area (TPSA) is 68.7 Å². The number of carboxylic acid groups (broad SMARTS) is 1. The molecule has 0 aliphatic carbocycles. The second kappa shape index (κ2) is 7.42. The van der Waals surface area contributed by atoms with Gasteiger partial charge in [-0.2, -0.15) is 0 Å². The second-order valence-corrected chi connectivity index (χ2v) is 5.11. The van der Waals surface area contributed by atoms with E-state index in [4.69, 9.17) is 14.6 Å². The van der Waals surface area contributed by atoms with Gasteiger partial charge < -0.3 is 14.6 Å². The van der Waals surface area contributed by atoms with E-state index in [1.807, 2.05) is 24.3 Å². The third-order valence-electron chi connectivity index (χ3n) is 2.70. The number of benzene rings is 1. The molecule has 0 saturated heterocycles. The number of carboxylic acids is 1. The molecule has 1 N–H and O–H groups in total. The van der Waals surface area contributed by atoms with Crippen molar-refractivity contribution in [1.29, 1.82) is 0 Å². The van der Waals surface area contributed by atoms with E-state index in [1.165, 1.54) is 16.7 Å². The predicted molar refractivity (Wildman–Crippen MR) is 86.7 cm³/mol. The van der Waals surface area contributed by atoms with Crippen molar-refractivity contribution in [3.05, 3.63) is 52.5 Å². The number of methoxy groups -OCH3 is 1. The molecule has 1 aromatic carbocycles. The van der Waals surface area contributed by atoms with Gasteiger partial charge in [-0.15, -0.1) is 11.3 Å². The van der Waals surface area contributed by atoms with E-state index in [1.54, 1.807) is 19.3 Å². The Bertz CT molecular complexity index is 706. The van der Waals surface area contributed by atoms with Crippen LogP contribution in [0.15, 0.2) is 36.2 Å². The smallest absolute Gasteiger partial charge is 0.355 e. The lowest BCUT2D eigenvalue weighted by molar-refractivity contribution is 0.0691. The molecule has 5 nitrogen and oxygen atoms in total. The fourth-order valence-electron chi connectivity index (χ4n) is 1.69. The van der Waals surface area contributed by atoms with Crippen LogP contribution in [0.2, 0.25) is 0 Å². The number of ether oxygens (including phenoxy) is 2. The first-order valence-electron chi connectivity index (χ1n) is 6.42. The van der Waals surface area contributed by atoms with E-state index in [-0.39, 0.29) is 5.69 Å². The van der Waals surface area contributed by atoms with Crippen LogP contribution < -0.4 is 9.47 Å². The highest BCUT2D eigenvalue weighted by Crippen LogP contribution is 2.29. The first kappa shape index (κ1) is 15.8. The van der Waals surface area contributed by atoms with E-state index in [2.05, 4.69) is 11.6 Å². The molecular weight excluding hydrogens is 302 g/mol. The minimum atomic E-state index is -1.03.